The molecule has 0 spiro atoms. The average Bonchev–Trinajstić information content (AvgIpc) is 2.89. The molecule has 2 N–H and O–H groups in total. The van der Waals surface area contributed by atoms with Gasteiger partial charge < -0.3 is 5.32 Å². The molecule has 0 aromatic carbocycles. The van der Waals surface area contributed by atoms with Crippen LogP contribution >= 0.6 is 11.3 Å². The van der Waals surface area contributed by atoms with Crippen molar-refractivity contribution in [1.82, 2.24) is 25.5 Å². The highest BCUT2D eigenvalue weighted by Gasteiger charge is 2.22. The molecule has 0 saturated carbocycles. The fourth-order valence-corrected chi connectivity index (χ4v) is 2.44. The number of thiazole rings is 1. The van der Waals surface area contributed by atoms with Crippen LogP contribution < -0.4 is 5.32 Å². The Balaban J connectivity index is 2.26. The van der Waals surface area contributed by atoms with Crippen molar-refractivity contribution < 1.29 is 0 Å². The summed E-state index contributed by atoms with van der Waals surface area (Å²) in [5.41, 5.74) is 0.925. The van der Waals surface area contributed by atoms with Gasteiger partial charge in [-0.25, -0.2) is 9.97 Å². The number of aromatic nitrogens is 4. The number of rotatable bonds is 4. The van der Waals surface area contributed by atoms with Crippen LogP contribution in [0.2, 0.25) is 0 Å². The predicted octanol–water partition coefficient (Wildman–Crippen LogP) is 1.77. The van der Waals surface area contributed by atoms with Crippen molar-refractivity contribution in [3.63, 3.8) is 0 Å². The van der Waals surface area contributed by atoms with Crippen molar-refractivity contribution in [2.75, 3.05) is 6.54 Å². The third-order valence-electron chi connectivity index (χ3n) is 2.38. The van der Waals surface area contributed by atoms with E-state index in [0.29, 0.717) is 0 Å². The number of H-pyrrole nitrogens is 1. The molecule has 0 aliphatic carbocycles. The van der Waals surface area contributed by atoms with Gasteiger partial charge in [0, 0.05) is 5.38 Å². The SMILES string of the molecule is CCNC(C)(C)c1csc(-c2ncn[nH]2)n1. The van der Waals surface area contributed by atoms with Crippen molar-refractivity contribution >= 4 is 11.3 Å². The van der Waals surface area contributed by atoms with E-state index >= 15 is 0 Å². The summed E-state index contributed by atoms with van der Waals surface area (Å²) in [6.45, 7) is 7.25. The highest BCUT2D eigenvalue weighted by Crippen LogP contribution is 2.26. The molecule has 86 valence electrons. The van der Waals surface area contributed by atoms with Crippen LogP contribution in [-0.4, -0.2) is 26.7 Å². The van der Waals surface area contributed by atoms with Gasteiger partial charge in [-0.05, 0) is 20.4 Å². The van der Waals surface area contributed by atoms with E-state index in [1.54, 1.807) is 11.3 Å². The van der Waals surface area contributed by atoms with E-state index in [1.165, 1.54) is 6.33 Å². The molecule has 0 fully saturated rings. The number of nitrogens with one attached hydrogen (secondary N) is 2. The second-order valence-electron chi connectivity index (χ2n) is 4.03. The maximum absolute atomic E-state index is 4.57. The highest BCUT2D eigenvalue weighted by atomic mass is 32.1. The summed E-state index contributed by atoms with van der Waals surface area (Å²) < 4.78 is 0. The maximum atomic E-state index is 4.57. The molecule has 0 aliphatic rings. The van der Waals surface area contributed by atoms with Crippen molar-refractivity contribution in [3.8, 4) is 10.8 Å². The molecule has 5 nitrogen and oxygen atoms in total. The van der Waals surface area contributed by atoms with Crippen LogP contribution in [0.25, 0.3) is 10.8 Å². The van der Waals surface area contributed by atoms with Crippen LogP contribution in [-0.2, 0) is 5.54 Å². The molecular weight excluding hydrogens is 222 g/mol. The lowest BCUT2D eigenvalue weighted by atomic mass is 10.0. The Morgan fingerprint density at radius 2 is 2.31 bits per heavy atom. The van der Waals surface area contributed by atoms with Gasteiger partial charge in [0.2, 0.25) is 0 Å². The Morgan fingerprint density at radius 1 is 1.50 bits per heavy atom. The lowest BCUT2D eigenvalue weighted by molar-refractivity contribution is 0.406. The summed E-state index contributed by atoms with van der Waals surface area (Å²) in [7, 11) is 0. The molecule has 2 aromatic heterocycles. The first-order valence-corrected chi connectivity index (χ1v) is 6.08. The van der Waals surface area contributed by atoms with E-state index < -0.39 is 0 Å². The van der Waals surface area contributed by atoms with Crippen LogP contribution in [0.4, 0.5) is 0 Å². The smallest absolute Gasteiger partial charge is 0.184 e. The number of hydrogen-bond acceptors (Lipinski definition) is 5. The standard InChI is InChI=1S/C10H15N5S/c1-4-12-10(2,3)7-5-16-9(14-7)8-11-6-13-15-8/h5-6,12H,4H2,1-3H3,(H,11,13,15). The van der Waals surface area contributed by atoms with Crippen molar-refractivity contribution in [1.29, 1.82) is 0 Å². The Kier molecular flexibility index (Phi) is 3.02. The van der Waals surface area contributed by atoms with Gasteiger partial charge in [-0.1, -0.05) is 6.92 Å². The minimum atomic E-state index is -0.108. The first-order chi connectivity index (χ1) is 7.63. The van der Waals surface area contributed by atoms with Crippen LogP contribution in [0, 0.1) is 0 Å². The Labute approximate surface area is 98.3 Å². The zero-order chi connectivity index (χ0) is 11.6. The lowest BCUT2D eigenvalue weighted by Gasteiger charge is -2.23. The molecule has 2 rings (SSSR count). The first kappa shape index (κ1) is 11.2. The van der Waals surface area contributed by atoms with Crippen molar-refractivity contribution in [3.05, 3.63) is 17.4 Å². The second kappa shape index (κ2) is 4.31. The first-order valence-electron chi connectivity index (χ1n) is 5.20. The van der Waals surface area contributed by atoms with E-state index in [1.807, 2.05) is 0 Å². The maximum Gasteiger partial charge on any atom is 0.184 e. The Morgan fingerprint density at radius 3 is 2.94 bits per heavy atom. The van der Waals surface area contributed by atoms with E-state index in [0.717, 1.165) is 23.1 Å². The van der Waals surface area contributed by atoms with Gasteiger partial charge in [0.1, 0.15) is 6.33 Å². The molecule has 16 heavy (non-hydrogen) atoms. The van der Waals surface area contributed by atoms with Gasteiger partial charge in [0.25, 0.3) is 0 Å². The number of nitrogens with zero attached hydrogens (tertiary/aromatic N) is 3. The Bertz CT molecular complexity index is 445. The highest BCUT2D eigenvalue weighted by molar-refractivity contribution is 7.13. The molecule has 0 atom stereocenters. The topological polar surface area (TPSA) is 66.5 Å². The van der Waals surface area contributed by atoms with Crippen LogP contribution in [0.3, 0.4) is 0 Å². The third kappa shape index (κ3) is 2.12. The largest absolute Gasteiger partial charge is 0.307 e. The van der Waals surface area contributed by atoms with Crippen LogP contribution in [0.5, 0.6) is 0 Å². The van der Waals surface area contributed by atoms with E-state index in [2.05, 4.69) is 51.6 Å². The summed E-state index contributed by atoms with van der Waals surface area (Å²) >= 11 is 1.58. The fourth-order valence-electron chi connectivity index (χ4n) is 1.51. The fraction of sp³-hybridized carbons (Fsp3) is 0.500. The monoisotopic (exact) mass is 237 g/mol. The molecule has 2 aromatic rings. The molecule has 0 unspecified atom stereocenters. The molecule has 0 bridgehead atoms. The third-order valence-corrected chi connectivity index (χ3v) is 3.23. The van der Waals surface area contributed by atoms with Crippen LogP contribution in [0.1, 0.15) is 26.5 Å². The molecule has 0 saturated heterocycles. The number of hydrogen-bond donors (Lipinski definition) is 2. The van der Waals surface area contributed by atoms with Gasteiger partial charge in [-0.15, -0.1) is 11.3 Å². The molecule has 6 heteroatoms. The van der Waals surface area contributed by atoms with Gasteiger partial charge in [0.05, 0.1) is 11.2 Å². The molecule has 0 radical (unpaired) electrons. The zero-order valence-corrected chi connectivity index (χ0v) is 10.4. The molecule has 0 aliphatic heterocycles. The van der Waals surface area contributed by atoms with E-state index in [-0.39, 0.29) is 5.54 Å². The summed E-state index contributed by atoms with van der Waals surface area (Å²) in [5.74, 6) is 0.726. The van der Waals surface area contributed by atoms with E-state index in [9.17, 15) is 0 Å². The van der Waals surface area contributed by atoms with Gasteiger partial charge in [-0.2, -0.15) is 5.10 Å². The summed E-state index contributed by atoms with van der Waals surface area (Å²) in [4.78, 5) is 8.65. The zero-order valence-electron chi connectivity index (χ0n) is 9.61. The lowest BCUT2D eigenvalue weighted by Crippen LogP contribution is -2.36. The summed E-state index contributed by atoms with van der Waals surface area (Å²) in [6.07, 6.45) is 1.49. The minimum Gasteiger partial charge on any atom is -0.307 e. The van der Waals surface area contributed by atoms with Gasteiger partial charge >= 0.3 is 0 Å². The molecule has 0 amide bonds. The summed E-state index contributed by atoms with van der Waals surface area (Å²) in [6, 6.07) is 0. The summed E-state index contributed by atoms with van der Waals surface area (Å²) in [5, 5.41) is 13.0. The molecular formula is C10H15N5S. The quantitative estimate of drug-likeness (QED) is 0.850. The molecule has 2 heterocycles. The minimum absolute atomic E-state index is 0.108. The normalized spacial score (nSPS) is 11.9. The van der Waals surface area contributed by atoms with Crippen molar-refractivity contribution in [2.45, 2.75) is 26.3 Å². The average molecular weight is 237 g/mol. The Hall–Kier alpha value is -1.27. The van der Waals surface area contributed by atoms with Crippen molar-refractivity contribution in [2.24, 2.45) is 0 Å². The second-order valence-corrected chi connectivity index (χ2v) is 4.89. The number of aromatic amines is 1. The van der Waals surface area contributed by atoms with Gasteiger partial charge in [0.15, 0.2) is 10.8 Å². The van der Waals surface area contributed by atoms with Gasteiger partial charge in [-0.3, -0.25) is 5.10 Å². The van der Waals surface area contributed by atoms with E-state index in [4.69, 9.17) is 0 Å². The van der Waals surface area contributed by atoms with Crippen LogP contribution in [0.15, 0.2) is 11.7 Å². The predicted molar refractivity (Wildman–Crippen MR) is 64.2 cm³/mol.